The van der Waals surface area contributed by atoms with Crippen molar-refractivity contribution in [3.8, 4) is 5.75 Å². The van der Waals surface area contributed by atoms with Gasteiger partial charge in [0.1, 0.15) is 5.75 Å². The van der Waals surface area contributed by atoms with Crippen molar-refractivity contribution in [3.63, 3.8) is 0 Å². The molecule has 3 N–H and O–H groups in total. The maximum absolute atomic E-state index is 12.0. The normalized spacial score (nSPS) is 15.9. The molecule has 5 nitrogen and oxygen atoms in total. The number of carbonyl (C=O) groups is 1. The molecule has 0 bridgehead atoms. The molecular formula is C16H26ClN3O2. The number of ether oxygens (including phenoxy) is 1. The molecule has 1 amide bonds. The Hall–Kier alpha value is -1.30. The first-order valence-electron chi connectivity index (χ1n) is 7.63. The van der Waals surface area contributed by atoms with E-state index in [1.165, 1.54) is 0 Å². The molecule has 0 atom stereocenters. The largest absolute Gasteiger partial charge is 0.494 e. The number of nitrogens with one attached hydrogen (secondary N) is 1. The summed E-state index contributed by atoms with van der Waals surface area (Å²) in [5, 5.41) is 2.96. The van der Waals surface area contributed by atoms with Gasteiger partial charge in [-0.25, -0.2) is 0 Å². The van der Waals surface area contributed by atoms with Crippen molar-refractivity contribution in [1.29, 1.82) is 0 Å². The highest BCUT2D eigenvalue weighted by Gasteiger charge is 2.17. The lowest BCUT2D eigenvalue weighted by atomic mass is 10.1. The van der Waals surface area contributed by atoms with Crippen molar-refractivity contribution < 1.29 is 9.53 Å². The third-order valence-corrected chi connectivity index (χ3v) is 3.70. The number of nitrogens with zero attached hydrogens (tertiary/aromatic N) is 1. The molecule has 1 aromatic carbocycles. The standard InChI is InChI=1S/C16H25N3O2.ClH/c1-2-21-15-5-3-4-13(10-15)11-18-16(20)12-19-8-6-14(17)7-9-19;/h3-5,10,14H,2,6-9,11-12,17H2,1H3,(H,18,20);1H. The van der Waals surface area contributed by atoms with Gasteiger partial charge in [-0.05, 0) is 37.5 Å². The second-order valence-electron chi connectivity index (χ2n) is 5.47. The lowest BCUT2D eigenvalue weighted by molar-refractivity contribution is -0.122. The van der Waals surface area contributed by atoms with Gasteiger partial charge in [0.15, 0.2) is 0 Å². The number of carbonyl (C=O) groups excluding carboxylic acids is 1. The summed E-state index contributed by atoms with van der Waals surface area (Å²) in [6, 6.07) is 8.11. The van der Waals surface area contributed by atoms with Gasteiger partial charge in [-0.15, -0.1) is 12.4 Å². The summed E-state index contributed by atoms with van der Waals surface area (Å²) >= 11 is 0. The zero-order valence-electron chi connectivity index (χ0n) is 13.1. The van der Waals surface area contributed by atoms with Crippen molar-refractivity contribution in [2.24, 2.45) is 5.73 Å². The van der Waals surface area contributed by atoms with Crippen LogP contribution in [0.15, 0.2) is 24.3 Å². The molecule has 1 aromatic rings. The zero-order valence-corrected chi connectivity index (χ0v) is 13.9. The number of piperidine rings is 1. The van der Waals surface area contributed by atoms with E-state index in [9.17, 15) is 4.79 Å². The first kappa shape index (κ1) is 18.7. The summed E-state index contributed by atoms with van der Waals surface area (Å²) in [5.41, 5.74) is 6.91. The summed E-state index contributed by atoms with van der Waals surface area (Å²) in [6.45, 7) is 5.42. The van der Waals surface area contributed by atoms with Crippen LogP contribution in [-0.2, 0) is 11.3 Å². The van der Waals surface area contributed by atoms with Crippen molar-refractivity contribution in [1.82, 2.24) is 10.2 Å². The van der Waals surface area contributed by atoms with Crippen LogP contribution in [0.5, 0.6) is 5.75 Å². The van der Waals surface area contributed by atoms with Crippen LogP contribution in [0.1, 0.15) is 25.3 Å². The Morgan fingerprint density at radius 1 is 1.41 bits per heavy atom. The van der Waals surface area contributed by atoms with E-state index in [0.29, 0.717) is 25.7 Å². The maximum atomic E-state index is 12.0. The van der Waals surface area contributed by atoms with Crippen molar-refractivity contribution >= 4 is 18.3 Å². The first-order chi connectivity index (χ1) is 10.2. The van der Waals surface area contributed by atoms with Crippen LogP contribution in [0, 0.1) is 0 Å². The average Bonchev–Trinajstić information content (AvgIpc) is 2.48. The number of halogens is 1. The van der Waals surface area contributed by atoms with E-state index >= 15 is 0 Å². The third-order valence-electron chi connectivity index (χ3n) is 3.70. The van der Waals surface area contributed by atoms with E-state index in [4.69, 9.17) is 10.5 Å². The number of hydrogen-bond donors (Lipinski definition) is 2. The van der Waals surface area contributed by atoms with Crippen LogP contribution in [0.4, 0.5) is 0 Å². The minimum absolute atomic E-state index is 0. The Morgan fingerprint density at radius 2 is 2.14 bits per heavy atom. The first-order valence-corrected chi connectivity index (χ1v) is 7.63. The summed E-state index contributed by atoms with van der Waals surface area (Å²) in [7, 11) is 0. The van der Waals surface area contributed by atoms with E-state index in [1.807, 2.05) is 31.2 Å². The number of likely N-dealkylation sites (tertiary alicyclic amines) is 1. The Balaban J connectivity index is 0.00000242. The third kappa shape index (κ3) is 6.22. The molecule has 1 saturated heterocycles. The maximum Gasteiger partial charge on any atom is 0.234 e. The molecule has 0 spiro atoms. The van der Waals surface area contributed by atoms with E-state index in [2.05, 4.69) is 10.2 Å². The Bertz CT molecular complexity index is 462. The number of hydrogen-bond acceptors (Lipinski definition) is 4. The zero-order chi connectivity index (χ0) is 15.1. The van der Waals surface area contributed by atoms with E-state index in [0.717, 1.165) is 37.2 Å². The molecule has 1 heterocycles. The van der Waals surface area contributed by atoms with Crippen LogP contribution in [0.2, 0.25) is 0 Å². The molecule has 22 heavy (non-hydrogen) atoms. The van der Waals surface area contributed by atoms with Gasteiger partial charge < -0.3 is 15.8 Å². The summed E-state index contributed by atoms with van der Waals surface area (Å²) in [5.74, 6) is 0.904. The Labute approximate surface area is 138 Å². The summed E-state index contributed by atoms with van der Waals surface area (Å²) in [4.78, 5) is 14.1. The van der Waals surface area contributed by atoms with Gasteiger partial charge in [-0.2, -0.15) is 0 Å². The average molecular weight is 328 g/mol. The van der Waals surface area contributed by atoms with Crippen molar-refractivity contribution in [2.45, 2.75) is 32.4 Å². The molecule has 1 aliphatic rings. The molecule has 0 unspecified atom stereocenters. The molecule has 124 valence electrons. The highest BCUT2D eigenvalue weighted by molar-refractivity contribution is 5.85. The fourth-order valence-electron chi connectivity index (χ4n) is 2.48. The molecule has 0 saturated carbocycles. The fourth-order valence-corrected chi connectivity index (χ4v) is 2.48. The van der Waals surface area contributed by atoms with Gasteiger partial charge in [-0.1, -0.05) is 12.1 Å². The van der Waals surface area contributed by atoms with Gasteiger partial charge in [0.05, 0.1) is 13.2 Å². The lowest BCUT2D eigenvalue weighted by Gasteiger charge is -2.29. The number of rotatable bonds is 6. The molecule has 1 aliphatic heterocycles. The molecule has 6 heteroatoms. The van der Waals surface area contributed by atoms with Gasteiger partial charge in [0.2, 0.25) is 5.91 Å². The highest BCUT2D eigenvalue weighted by atomic mass is 35.5. The van der Waals surface area contributed by atoms with Gasteiger partial charge in [0, 0.05) is 25.7 Å². The fraction of sp³-hybridized carbons (Fsp3) is 0.562. The van der Waals surface area contributed by atoms with Gasteiger partial charge in [-0.3, -0.25) is 9.69 Å². The molecule has 1 fully saturated rings. The topological polar surface area (TPSA) is 67.6 Å². The molecule has 0 radical (unpaired) electrons. The Kier molecular flexibility index (Phi) is 8.24. The Morgan fingerprint density at radius 3 is 2.82 bits per heavy atom. The number of amides is 1. The van der Waals surface area contributed by atoms with Crippen LogP contribution in [-0.4, -0.2) is 43.1 Å². The molecular weight excluding hydrogens is 302 g/mol. The van der Waals surface area contributed by atoms with Gasteiger partial charge in [0.25, 0.3) is 0 Å². The molecule has 2 rings (SSSR count). The van der Waals surface area contributed by atoms with E-state index < -0.39 is 0 Å². The van der Waals surface area contributed by atoms with E-state index in [1.54, 1.807) is 0 Å². The second kappa shape index (κ2) is 9.66. The number of benzene rings is 1. The minimum Gasteiger partial charge on any atom is -0.494 e. The predicted octanol–water partition coefficient (Wildman–Crippen LogP) is 1.55. The van der Waals surface area contributed by atoms with Crippen molar-refractivity contribution in [2.75, 3.05) is 26.2 Å². The van der Waals surface area contributed by atoms with Crippen LogP contribution in [0.25, 0.3) is 0 Å². The minimum atomic E-state index is 0. The van der Waals surface area contributed by atoms with Crippen LogP contribution >= 0.6 is 12.4 Å². The SMILES string of the molecule is CCOc1cccc(CNC(=O)CN2CCC(N)CC2)c1.Cl. The second-order valence-corrected chi connectivity index (χ2v) is 5.47. The highest BCUT2D eigenvalue weighted by Crippen LogP contribution is 2.13. The monoisotopic (exact) mass is 327 g/mol. The molecule has 0 aromatic heterocycles. The van der Waals surface area contributed by atoms with Crippen LogP contribution < -0.4 is 15.8 Å². The van der Waals surface area contributed by atoms with Gasteiger partial charge >= 0.3 is 0 Å². The number of nitrogens with two attached hydrogens (primary N) is 1. The van der Waals surface area contributed by atoms with Crippen molar-refractivity contribution in [3.05, 3.63) is 29.8 Å². The lowest BCUT2D eigenvalue weighted by Crippen LogP contribution is -2.44. The predicted molar refractivity (Wildman–Crippen MR) is 90.4 cm³/mol. The molecule has 0 aliphatic carbocycles. The van der Waals surface area contributed by atoms with E-state index in [-0.39, 0.29) is 18.3 Å². The smallest absolute Gasteiger partial charge is 0.234 e. The van der Waals surface area contributed by atoms with Crippen LogP contribution in [0.3, 0.4) is 0 Å². The summed E-state index contributed by atoms with van der Waals surface area (Å²) < 4.78 is 5.45. The summed E-state index contributed by atoms with van der Waals surface area (Å²) in [6.07, 6.45) is 1.95. The quantitative estimate of drug-likeness (QED) is 0.832.